The molecule has 3 amide bonds. The molecule has 0 radical (unpaired) electrons. The molecule has 0 saturated carbocycles. The van der Waals surface area contributed by atoms with Crippen LogP contribution >= 0.6 is 22.9 Å². The second-order valence-electron chi connectivity index (χ2n) is 7.52. The first kappa shape index (κ1) is 24.4. The zero-order valence-electron chi connectivity index (χ0n) is 18.5. The van der Waals surface area contributed by atoms with Crippen LogP contribution in [-0.2, 0) is 16.0 Å². The molecule has 174 valence electrons. The van der Waals surface area contributed by atoms with Crippen LogP contribution in [0, 0.1) is 0 Å². The Balaban J connectivity index is 1.72. The molecule has 2 heterocycles. The number of carbonyl (C=O) groups is 2. The first-order chi connectivity index (χ1) is 15.5. The molecule has 0 bridgehead atoms. The highest BCUT2D eigenvalue weighted by Gasteiger charge is 2.33. The summed E-state index contributed by atoms with van der Waals surface area (Å²) < 4.78 is 11.1. The van der Waals surface area contributed by atoms with E-state index in [1.807, 2.05) is 24.0 Å². The van der Waals surface area contributed by atoms with E-state index in [4.69, 9.17) is 21.1 Å². The monoisotopic (exact) mass is 479 g/mol. The van der Waals surface area contributed by atoms with Gasteiger partial charge in [-0.25, -0.2) is 4.79 Å². The smallest absolute Gasteiger partial charge is 0.317 e. The van der Waals surface area contributed by atoms with E-state index in [9.17, 15) is 9.59 Å². The molecule has 0 aliphatic carbocycles. The number of fused-ring (bicyclic) bond motifs is 1. The van der Waals surface area contributed by atoms with Gasteiger partial charge in [-0.15, -0.1) is 11.3 Å². The van der Waals surface area contributed by atoms with Gasteiger partial charge in [0.15, 0.2) is 0 Å². The molecule has 0 spiro atoms. The molecule has 0 saturated heterocycles. The zero-order chi connectivity index (χ0) is 22.9. The lowest BCUT2D eigenvalue weighted by Crippen LogP contribution is -2.50. The number of nitrogens with one attached hydrogen (secondary N) is 1. The summed E-state index contributed by atoms with van der Waals surface area (Å²) in [6.07, 6.45) is 1.47. The molecule has 1 aromatic carbocycles. The average molecular weight is 480 g/mol. The van der Waals surface area contributed by atoms with Crippen molar-refractivity contribution in [3.05, 3.63) is 51.2 Å². The molecule has 0 fully saturated rings. The Labute approximate surface area is 198 Å². The largest absolute Gasteiger partial charge is 0.491 e. The summed E-state index contributed by atoms with van der Waals surface area (Å²) in [5.74, 6) is 0.614. The molecule has 3 rings (SSSR count). The van der Waals surface area contributed by atoms with Gasteiger partial charge < -0.3 is 24.6 Å². The van der Waals surface area contributed by atoms with Crippen molar-refractivity contribution in [3.63, 3.8) is 0 Å². The highest BCUT2D eigenvalue weighted by molar-refractivity contribution is 7.10. The van der Waals surface area contributed by atoms with Crippen molar-refractivity contribution < 1.29 is 19.1 Å². The van der Waals surface area contributed by atoms with Crippen LogP contribution in [0.1, 0.15) is 29.8 Å². The number of hydrogen-bond acceptors (Lipinski definition) is 5. The maximum Gasteiger partial charge on any atom is 0.317 e. The number of rotatable bonds is 10. The van der Waals surface area contributed by atoms with Gasteiger partial charge in [0, 0.05) is 43.3 Å². The van der Waals surface area contributed by atoms with Gasteiger partial charge in [-0.05, 0) is 61.0 Å². The summed E-state index contributed by atoms with van der Waals surface area (Å²) in [5, 5.41) is 5.50. The minimum Gasteiger partial charge on any atom is -0.491 e. The second-order valence-corrected chi connectivity index (χ2v) is 8.96. The lowest BCUT2D eigenvalue weighted by atomic mass is 10.0. The molecule has 0 unspecified atom stereocenters. The molecular formula is C23H30ClN3O4S. The molecule has 7 nitrogen and oxygen atoms in total. The maximum absolute atomic E-state index is 13.4. The van der Waals surface area contributed by atoms with Crippen LogP contribution in [0.3, 0.4) is 0 Å². The minimum absolute atomic E-state index is 0.0203. The van der Waals surface area contributed by atoms with Gasteiger partial charge in [0.25, 0.3) is 0 Å². The molecule has 2 aromatic rings. The molecule has 32 heavy (non-hydrogen) atoms. The third kappa shape index (κ3) is 6.37. The number of methoxy groups -OCH3 is 1. The average Bonchev–Trinajstić information content (AvgIpc) is 3.27. The summed E-state index contributed by atoms with van der Waals surface area (Å²) in [6, 6.07) is 8.82. The first-order valence-corrected chi connectivity index (χ1v) is 12.0. The van der Waals surface area contributed by atoms with E-state index in [-0.39, 0.29) is 24.5 Å². The van der Waals surface area contributed by atoms with Crippen molar-refractivity contribution in [2.45, 2.75) is 25.8 Å². The number of carbonyl (C=O) groups excluding carboxylic acids is 2. The predicted octanol–water partition coefficient (Wildman–Crippen LogP) is 3.97. The predicted molar refractivity (Wildman–Crippen MR) is 127 cm³/mol. The van der Waals surface area contributed by atoms with E-state index in [1.165, 1.54) is 4.88 Å². The van der Waals surface area contributed by atoms with E-state index in [0.717, 1.165) is 12.0 Å². The van der Waals surface area contributed by atoms with Crippen molar-refractivity contribution in [2.24, 2.45) is 0 Å². The summed E-state index contributed by atoms with van der Waals surface area (Å²) in [7, 11) is 1.62. The van der Waals surface area contributed by atoms with Crippen LogP contribution < -0.4 is 10.1 Å². The molecule has 1 aromatic heterocycles. The molecular weight excluding hydrogens is 450 g/mol. The van der Waals surface area contributed by atoms with Crippen LogP contribution in [0.15, 0.2) is 35.7 Å². The van der Waals surface area contributed by atoms with Crippen molar-refractivity contribution in [2.75, 3.05) is 46.5 Å². The first-order valence-electron chi connectivity index (χ1n) is 10.8. The van der Waals surface area contributed by atoms with Gasteiger partial charge in [-0.2, -0.15) is 0 Å². The van der Waals surface area contributed by atoms with Crippen molar-refractivity contribution in [3.8, 4) is 5.75 Å². The third-order valence-electron chi connectivity index (χ3n) is 5.35. The number of hydrogen-bond donors (Lipinski definition) is 1. The highest BCUT2D eigenvalue weighted by atomic mass is 35.5. The highest BCUT2D eigenvalue weighted by Crippen LogP contribution is 2.34. The van der Waals surface area contributed by atoms with Gasteiger partial charge in [-0.1, -0.05) is 11.6 Å². The SMILES string of the molecule is CCNC(=O)N(CCCOC)CC(=O)N1CCc2sccc2[C@H]1COc1ccc(Cl)cc1. The summed E-state index contributed by atoms with van der Waals surface area (Å²) in [5.41, 5.74) is 1.12. The molecule has 1 aliphatic rings. The van der Waals surface area contributed by atoms with E-state index < -0.39 is 0 Å². The van der Waals surface area contributed by atoms with Crippen molar-refractivity contribution in [1.82, 2.24) is 15.1 Å². The third-order valence-corrected chi connectivity index (χ3v) is 6.60. The summed E-state index contributed by atoms with van der Waals surface area (Å²) in [4.78, 5) is 30.5. The lowest BCUT2D eigenvalue weighted by molar-refractivity contribution is -0.135. The van der Waals surface area contributed by atoms with Crippen LogP contribution in [-0.4, -0.2) is 68.2 Å². The number of thiophene rings is 1. The molecule has 1 aliphatic heterocycles. The Morgan fingerprint density at radius 1 is 1.28 bits per heavy atom. The normalized spacial score (nSPS) is 15.2. The van der Waals surface area contributed by atoms with Crippen LogP contribution in [0.2, 0.25) is 5.02 Å². The van der Waals surface area contributed by atoms with Gasteiger partial charge in [0.2, 0.25) is 5.91 Å². The van der Waals surface area contributed by atoms with Gasteiger partial charge in [0.05, 0.1) is 6.04 Å². The summed E-state index contributed by atoms with van der Waals surface area (Å²) in [6.45, 7) is 4.31. The van der Waals surface area contributed by atoms with E-state index in [0.29, 0.717) is 50.0 Å². The number of halogens is 1. The van der Waals surface area contributed by atoms with Gasteiger partial charge >= 0.3 is 6.03 Å². The summed E-state index contributed by atoms with van der Waals surface area (Å²) >= 11 is 7.67. The number of nitrogens with zero attached hydrogens (tertiary/aromatic N) is 2. The van der Waals surface area contributed by atoms with Crippen LogP contribution in [0.4, 0.5) is 4.79 Å². The fraction of sp³-hybridized carbons (Fsp3) is 0.478. The van der Waals surface area contributed by atoms with Gasteiger partial charge in [0.1, 0.15) is 18.9 Å². The van der Waals surface area contributed by atoms with Crippen LogP contribution in [0.25, 0.3) is 0 Å². The Hall–Kier alpha value is -2.29. The fourth-order valence-electron chi connectivity index (χ4n) is 3.75. The maximum atomic E-state index is 13.4. The standard InChI is InChI=1S/C23H30ClN3O4S/c1-3-25-23(29)26(11-4-13-30-2)15-22(28)27-12-9-21-19(10-14-32-21)20(27)16-31-18-7-5-17(24)6-8-18/h5-8,10,14,20H,3-4,9,11-13,15-16H2,1-2H3,(H,25,29)/t20-/m1/s1. The fourth-order valence-corrected chi connectivity index (χ4v) is 4.80. The van der Waals surface area contributed by atoms with E-state index in [1.54, 1.807) is 35.5 Å². The number of ether oxygens (including phenoxy) is 2. The quantitative estimate of drug-likeness (QED) is 0.523. The lowest BCUT2D eigenvalue weighted by Gasteiger charge is -2.37. The zero-order valence-corrected chi connectivity index (χ0v) is 20.1. The number of amides is 3. The second kappa shape index (κ2) is 12.1. The number of urea groups is 1. The Morgan fingerprint density at radius 2 is 2.06 bits per heavy atom. The Bertz CT molecular complexity index is 890. The van der Waals surface area contributed by atoms with Gasteiger partial charge in [-0.3, -0.25) is 4.79 Å². The van der Waals surface area contributed by atoms with Crippen molar-refractivity contribution in [1.29, 1.82) is 0 Å². The minimum atomic E-state index is -0.237. The molecule has 1 N–H and O–H groups in total. The Kier molecular flexibility index (Phi) is 9.20. The van der Waals surface area contributed by atoms with E-state index >= 15 is 0 Å². The Morgan fingerprint density at radius 3 is 2.78 bits per heavy atom. The number of benzene rings is 1. The van der Waals surface area contributed by atoms with Crippen molar-refractivity contribution >= 4 is 34.9 Å². The van der Waals surface area contributed by atoms with Crippen LogP contribution in [0.5, 0.6) is 5.75 Å². The molecule has 1 atom stereocenters. The topological polar surface area (TPSA) is 71.1 Å². The van der Waals surface area contributed by atoms with E-state index in [2.05, 4.69) is 16.8 Å². The molecule has 9 heteroatoms.